The first kappa shape index (κ1) is 17.5. The molecule has 1 aromatic carbocycles. The number of nitrogens with one attached hydrogen (secondary N) is 1. The highest BCUT2D eigenvalue weighted by Crippen LogP contribution is 2.35. The number of benzene rings is 1. The first-order valence-corrected chi connectivity index (χ1v) is 8.64. The van der Waals surface area contributed by atoms with Crippen molar-refractivity contribution in [2.75, 3.05) is 6.54 Å². The quantitative estimate of drug-likeness (QED) is 0.729. The Bertz CT molecular complexity index is 994. The number of H-pyrrole nitrogens is 1. The Morgan fingerprint density at radius 2 is 1.93 bits per heavy atom. The summed E-state index contributed by atoms with van der Waals surface area (Å²) < 4.78 is 38.3. The van der Waals surface area contributed by atoms with E-state index in [-0.39, 0.29) is 11.9 Å². The molecule has 4 rings (SSSR count). The van der Waals surface area contributed by atoms with Gasteiger partial charge in [0.1, 0.15) is 16.7 Å². The smallest absolute Gasteiger partial charge is 0.330 e. The maximum Gasteiger partial charge on any atom is 0.416 e. The SMILES string of the molecule is Cc1[nH]nc2ccc(C(=O)N3CCCC3c3ccc(C(F)(F)F)cc3)nc12. The summed E-state index contributed by atoms with van der Waals surface area (Å²) in [6.07, 6.45) is -2.86. The Morgan fingerprint density at radius 3 is 2.63 bits per heavy atom. The summed E-state index contributed by atoms with van der Waals surface area (Å²) in [4.78, 5) is 19.1. The molecular weight excluding hydrogens is 357 g/mol. The Kier molecular flexibility index (Phi) is 4.13. The summed E-state index contributed by atoms with van der Waals surface area (Å²) in [7, 11) is 0. The average molecular weight is 374 g/mol. The number of alkyl halides is 3. The van der Waals surface area contributed by atoms with Gasteiger partial charge in [-0.1, -0.05) is 12.1 Å². The highest BCUT2D eigenvalue weighted by atomic mass is 19.4. The minimum atomic E-state index is -4.37. The molecular formula is C19H17F3N4O. The van der Waals surface area contributed by atoms with Crippen molar-refractivity contribution in [1.29, 1.82) is 0 Å². The summed E-state index contributed by atoms with van der Waals surface area (Å²) in [5, 5.41) is 6.94. The predicted molar refractivity (Wildman–Crippen MR) is 93.1 cm³/mol. The first-order valence-electron chi connectivity index (χ1n) is 8.64. The zero-order valence-corrected chi connectivity index (χ0v) is 14.5. The van der Waals surface area contributed by atoms with Crippen molar-refractivity contribution >= 4 is 16.9 Å². The van der Waals surface area contributed by atoms with Crippen molar-refractivity contribution in [2.45, 2.75) is 32.0 Å². The second kappa shape index (κ2) is 6.37. The van der Waals surface area contributed by atoms with E-state index in [0.29, 0.717) is 35.3 Å². The topological polar surface area (TPSA) is 61.9 Å². The largest absolute Gasteiger partial charge is 0.416 e. The highest BCUT2D eigenvalue weighted by molar-refractivity contribution is 5.95. The van der Waals surface area contributed by atoms with Crippen molar-refractivity contribution in [3.8, 4) is 0 Å². The number of fused-ring (bicyclic) bond motifs is 1. The number of aromatic amines is 1. The molecule has 0 radical (unpaired) electrons. The number of likely N-dealkylation sites (tertiary alicyclic amines) is 1. The van der Waals surface area contributed by atoms with Gasteiger partial charge in [0.2, 0.25) is 0 Å². The maximum atomic E-state index is 13.0. The van der Waals surface area contributed by atoms with Gasteiger partial charge in [0.25, 0.3) is 5.91 Å². The van der Waals surface area contributed by atoms with Crippen molar-refractivity contribution in [3.63, 3.8) is 0 Å². The van der Waals surface area contributed by atoms with Crippen LogP contribution in [0, 0.1) is 6.92 Å². The van der Waals surface area contributed by atoms with E-state index < -0.39 is 11.7 Å². The molecule has 5 nitrogen and oxygen atoms in total. The van der Waals surface area contributed by atoms with Gasteiger partial charge in [0.15, 0.2) is 0 Å². The molecule has 140 valence electrons. The van der Waals surface area contributed by atoms with Crippen LogP contribution in [0.15, 0.2) is 36.4 Å². The minimum Gasteiger partial charge on any atom is -0.330 e. The number of aryl methyl sites for hydroxylation is 1. The van der Waals surface area contributed by atoms with Crippen LogP contribution in [0.2, 0.25) is 0 Å². The molecule has 1 N–H and O–H groups in total. The lowest BCUT2D eigenvalue weighted by molar-refractivity contribution is -0.137. The molecule has 1 unspecified atom stereocenters. The van der Waals surface area contributed by atoms with Crippen LogP contribution in [0.1, 0.15) is 46.2 Å². The Morgan fingerprint density at radius 1 is 1.19 bits per heavy atom. The summed E-state index contributed by atoms with van der Waals surface area (Å²) in [5.41, 5.74) is 2.43. The van der Waals surface area contributed by atoms with Crippen LogP contribution >= 0.6 is 0 Å². The third-order valence-corrected chi connectivity index (χ3v) is 4.93. The molecule has 1 aliphatic rings. The van der Waals surface area contributed by atoms with Crippen LogP contribution in [-0.4, -0.2) is 32.5 Å². The number of halogens is 3. The molecule has 1 saturated heterocycles. The maximum absolute atomic E-state index is 13.0. The number of hydrogen-bond acceptors (Lipinski definition) is 3. The van der Waals surface area contributed by atoms with E-state index in [4.69, 9.17) is 0 Å². The number of hydrogen-bond donors (Lipinski definition) is 1. The zero-order chi connectivity index (χ0) is 19.2. The van der Waals surface area contributed by atoms with Crippen LogP contribution in [0.25, 0.3) is 11.0 Å². The number of carbonyl (C=O) groups is 1. The van der Waals surface area contributed by atoms with Crippen LogP contribution < -0.4 is 0 Å². The normalized spacial score (nSPS) is 17.6. The lowest BCUT2D eigenvalue weighted by Crippen LogP contribution is -2.31. The summed E-state index contributed by atoms with van der Waals surface area (Å²) in [6.45, 7) is 2.38. The van der Waals surface area contributed by atoms with E-state index in [9.17, 15) is 18.0 Å². The summed E-state index contributed by atoms with van der Waals surface area (Å²) >= 11 is 0. The molecule has 2 aromatic heterocycles. The molecule has 0 aliphatic carbocycles. The minimum absolute atomic E-state index is 0.222. The number of amides is 1. The standard InChI is InChI=1S/C19H17F3N4O/c1-11-17-14(25-24-11)8-9-15(23-17)18(27)26-10-2-3-16(26)12-4-6-13(7-5-12)19(20,21)22/h4-9,16H,2-3,10H2,1H3,(H,24,25). The third kappa shape index (κ3) is 3.15. The predicted octanol–water partition coefficient (Wildman–Crippen LogP) is 4.26. The van der Waals surface area contributed by atoms with Crippen molar-refractivity contribution in [3.05, 3.63) is 58.9 Å². The average Bonchev–Trinajstić information content (AvgIpc) is 3.27. The molecule has 0 saturated carbocycles. The number of aromatic nitrogens is 3. The molecule has 3 heterocycles. The zero-order valence-electron chi connectivity index (χ0n) is 14.5. The van der Waals surface area contributed by atoms with Crippen LogP contribution in [0.4, 0.5) is 13.2 Å². The third-order valence-electron chi connectivity index (χ3n) is 4.93. The lowest BCUT2D eigenvalue weighted by Gasteiger charge is -2.25. The van der Waals surface area contributed by atoms with Crippen LogP contribution in [-0.2, 0) is 6.18 Å². The van der Waals surface area contributed by atoms with Gasteiger partial charge >= 0.3 is 6.18 Å². The van der Waals surface area contributed by atoms with Crippen LogP contribution in [0.5, 0.6) is 0 Å². The molecule has 27 heavy (non-hydrogen) atoms. The monoisotopic (exact) mass is 374 g/mol. The second-order valence-corrected chi connectivity index (χ2v) is 6.69. The van der Waals surface area contributed by atoms with E-state index in [1.54, 1.807) is 17.0 Å². The van der Waals surface area contributed by atoms with Crippen LogP contribution in [0.3, 0.4) is 0 Å². The number of carbonyl (C=O) groups excluding carboxylic acids is 1. The molecule has 3 aromatic rings. The molecule has 0 spiro atoms. The fourth-order valence-corrected chi connectivity index (χ4v) is 3.53. The fraction of sp³-hybridized carbons (Fsp3) is 0.316. The van der Waals surface area contributed by atoms with Gasteiger partial charge < -0.3 is 4.90 Å². The molecule has 1 atom stereocenters. The van der Waals surface area contributed by atoms with Gasteiger partial charge in [-0.2, -0.15) is 18.3 Å². The van der Waals surface area contributed by atoms with Crippen molar-refractivity contribution < 1.29 is 18.0 Å². The van der Waals surface area contributed by atoms with Crippen molar-refractivity contribution in [1.82, 2.24) is 20.1 Å². The Balaban J connectivity index is 1.62. The second-order valence-electron chi connectivity index (χ2n) is 6.69. The Hall–Kier alpha value is -2.90. The van der Waals surface area contributed by atoms with Gasteiger partial charge in [-0.05, 0) is 49.6 Å². The van der Waals surface area contributed by atoms with Gasteiger partial charge in [0.05, 0.1) is 17.3 Å². The van der Waals surface area contributed by atoms with E-state index in [1.807, 2.05) is 6.92 Å². The number of nitrogens with zero attached hydrogens (tertiary/aromatic N) is 3. The van der Waals surface area contributed by atoms with E-state index >= 15 is 0 Å². The van der Waals surface area contributed by atoms with Gasteiger partial charge in [-0.25, -0.2) is 4.98 Å². The fourth-order valence-electron chi connectivity index (χ4n) is 3.53. The molecule has 0 bridgehead atoms. The summed E-state index contributed by atoms with van der Waals surface area (Å²) in [5.74, 6) is -0.222. The molecule has 8 heteroatoms. The van der Waals surface area contributed by atoms with Gasteiger partial charge in [0, 0.05) is 6.54 Å². The van der Waals surface area contributed by atoms with Gasteiger partial charge in [-0.3, -0.25) is 9.89 Å². The van der Waals surface area contributed by atoms with Gasteiger partial charge in [-0.15, -0.1) is 0 Å². The Labute approximate surface area is 153 Å². The molecule has 1 fully saturated rings. The van der Waals surface area contributed by atoms with E-state index in [2.05, 4.69) is 15.2 Å². The van der Waals surface area contributed by atoms with Crippen molar-refractivity contribution in [2.24, 2.45) is 0 Å². The first-order chi connectivity index (χ1) is 12.8. The van der Waals surface area contributed by atoms with E-state index in [1.165, 1.54) is 12.1 Å². The lowest BCUT2D eigenvalue weighted by atomic mass is 10.0. The molecule has 1 aliphatic heterocycles. The van der Waals surface area contributed by atoms with E-state index in [0.717, 1.165) is 24.2 Å². The number of pyridine rings is 1. The number of rotatable bonds is 2. The molecule has 1 amide bonds. The highest BCUT2D eigenvalue weighted by Gasteiger charge is 2.33. The summed E-state index contributed by atoms with van der Waals surface area (Å²) in [6, 6.07) is 8.16.